The molecule has 2 aromatic carbocycles. The lowest BCUT2D eigenvalue weighted by atomic mass is 9.93. The zero-order valence-corrected chi connectivity index (χ0v) is 20.5. The van der Waals surface area contributed by atoms with Crippen LogP contribution in [0.5, 0.6) is 0 Å². The third-order valence-electron chi connectivity index (χ3n) is 6.56. The lowest BCUT2D eigenvalue weighted by Gasteiger charge is -2.44. The fourth-order valence-corrected chi connectivity index (χ4v) is 4.64. The van der Waals surface area contributed by atoms with Gasteiger partial charge >= 0.3 is 0 Å². The van der Waals surface area contributed by atoms with Gasteiger partial charge in [-0.1, -0.05) is 50.2 Å². The van der Waals surface area contributed by atoms with Gasteiger partial charge in [0.1, 0.15) is 17.1 Å². The van der Waals surface area contributed by atoms with Gasteiger partial charge in [0.25, 0.3) is 5.91 Å². The Bertz CT molecular complexity index is 1300. The minimum atomic E-state index is -1.28. The average Bonchev–Trinajstić information content (AvgIpc) is 3.10. The molecule has 8 heteroatoms. The van der Waals surface area contributed by atoms with Crippen molar-refractivity contribution in [3.8, 4) is 0 Å². The molecule has 3 aromatic rings. The van der Waals surface area contributed by atoms with Gasteiger partial charge in [-0.3, -0.25) is 14.4 Å². The van der Waals surface area contributed by atoms with Crippen LogP contribution in [-0.4, -0.2) is 39.3 Å². The second-order valence-corrected chi connectivity index (χ2v) is 9.70. The van der Waals surface area contributed by atoms with Crippen molar-refractivity contribution in [3.05, 3.63) is 65.6 Å². The van der Waals surface area contributed by atoms with E-state index in [9.17, 15) is 18.8 Å². The molecule has 2 N–H and O–H groups in total. The summed E-state index contributed by atoms with van der Waals surface area (Å²) in [4.78, 5) is 41.1. The summed E-state index contributed by atoms with van der Waals surface area (Å²) < 4.78 is 16.4. The minimum absolute atomic E-state index is 0.0827. The van der Waals surface area contributed by atoms with Crippen LogP contribution in [0, 0.1) is 11.7 Å². The highest BCUT2D eigenvalue weighted by Gasteiger charge is 2.49. The zero-order valence-electron chi connectivity index (χ0n) is 20.5. The third-order valence-corrected chi connectivity index (χ3v) is 6.56. The Morgan fingerprint density at radius 3 is 2.49 bits per heavy atom. The number of rotatable bonds is 7. The fraction of sp³-hybridized carbons (Fsp3) is 0.370. The number of para-hydroxylation sites is 1. The second-order valence-electron chi connectivity index (χ2n) is 9.70. The van der Waals surface area contributed by atoms with Crippen LogP contribution in [0.4, 0.5) is 10.1 Å². The Kier molecular flexibility index (Phi) is 6.65. The Labute approximate surface area is 204 Å². The van der Waals surface area contributed by atoms with Crippen molar-refractivity contribution >= 4 is 34.3 Å². The number of anilines is 1. The van der Waals surface area contributed by atoms with E-state index in [1.165, 1.54) is 17.9 Å². The topological polar surface area (TPSA) is 83.4 Å². The first-order valence-electron chi connectivity index (χ1n) is 11.9. The molecule has 4 rings (SSSR count). The molecule has 35 heavy (non-hydrogen) atoms. The van der Waals surface area contributed by atoms with Gasteiger partial charge < -0.3 is 20.1 Å². The van der Waals surface area contributed by atoms with E-state index in [0.29, 0.717) is 29.1 Å². The number of amides is 3. The largest absolute Gasteiger partial charge is 0.354 e. The fourth-order valence-electron chi connectivity index (χ4n) is 4.64. The number of nitrogens with zero attached hydrogens (tertiary/aromatic N) is 2. The molecule has 0 unspecified atom stereocenters. The molecule has 0 saturated carbocycles. The zero-order chi connectivity index (χ0) is 25.3. The second kappa shape index (κ2) is 9.52. The molecule has 1 aromatic heterocycles. The van der Waals surface area contributed by atoms with Gasteiger partial charge in [0, 0.05) is 24.4 Å². The number of carbonyl (C=O) groups excluding carboxylic acids is 3. The van der Waals surface area contributed by atoms with Gasteiger partial charge in [-0.25, -0.2) is 4.39 Å². The first-order chi connectivity index (χ1) is 16.6. The van der Waals surface area contributed by atoms with E-state index in [2.05, 4.69) is 24.5 Å². The van der Waals surface area contributed by atoms with Crippen molar-refractivity contribution in [1.82, 2.24) is 14.8 Å². The summed E-state index contributed by atoms with van der Waals surface area (Å²) in [6.45, 7) is 7.80. The van der Waals surface area contributed by atoms with E-state index < -0.39 is 17.3 Å². The number of aromatic nitrogens is 1. The highest BCUT2D eigenvalue weighted by atomic mass is 19.1. The van der Waals surface area contributed by atoms with E-state index in [4.69, 9.17) is 0 Å². The molecule has 0 aliphatic carbocycles. The molecule has 0 spiro atoms. The molecule has 0 saturated heterocycles. The highest BCUT2D eigenvalue weighted by molar-refractivity contribution is 6.14. The van der Waals surface area contributed by atoms with E-state index >= 15 is 0 Å². The standard InChI is InChI=1S/C27H31FN4O3/c1-17(2)13-14-29-26(35)27(4)16-31-22-12-8-6-10-20(22)23(30-18(3)33)24(31)25(34)32(27)15-19-9-5-7-11-21(19)28/h5-12,17H,13-16H2,1-4H3,(H,29,35)(H,30,33)/t27-/m1/s1. The number of carbonyl (C=O) groups is 3. The number of halogens is 1. The first-order valence-corrected chi connectivity index (χ1v) is 11.9. The van der Waals surface area contributed by atoms with Gasteiger partial charge in [-0.15, -0.1) is 0 Å². The molecule has 1 atom stereocenters. The Balaban J connectivity index is 1.85. The predicted octanol–water partition coefficient (Wildman–Crippen LogP) is 4.32. The minimum Gasteiger partial charge on any atom is -0.354 e. The monoisotopic (exact) mass is 478 g/mol. The normalized spacial score (nSPS) is 17.5. The van der Waals surface area contributed by atoms with Crippen LogP contribution in [0.15, 0.2) is 48.5 Å². The van der Waals surface area contributed by atoms with Gasteiger partial charge in [0.2, 0.25) is 11.8 Å². The lowest BCUT2D eigenvalue weighted by Crippen LogP contribution is -2.63. The average molecular weight is 479 g/mol. The van der Waals surface area contributed by atoms with E-state index in [0.717, 1.165) is 11.9 Å². The molecular formula is C27H31FN4O3. The Hall–Kier alpha value is -3.68. The van der Waals surface area contributed by atoms with E-state index in [-0.39, 0.29) is 30.6 Å². The van der Waals surface area contributed by atoms with Gasteiger partial charge in [0.15, 0.2) is 0 Å². The predicted molar refractivity (Wildman–Crippen MR) is 133 cm³/mol. The number of nitrogens with one attached hydrogen (secondary N) is 2. The molecule has 0 radical (unpaired) electrons. The first kappa shape index (κ1) is 24.4. The smallest absolute Gasteiger partial charge is 0.273 e. The van der Waals surface area contributed by atoms with Crippen molar-refractivity contribution in [2.24, 2.45) is 5.92 Å². The van der Waals surface area contributed by atoms with Crippen LogP contribution in [0.2, 0.25) is 0 Å². The molecule has 184 valence electrons. The molecule has 3 amide bonds. The third kappa shape index (κ3) is 4.52. The molecular weight excluding hydrogens is 447 g/mol. The van der Waals surface area contributed by atoms with Crippen molar-refractivity contribution in [3.63, 3.8) is 0 Å². The number of hydrogen-bond acceptors (Lipinski definition) is 3. The summed E-state index contributed by atoms with van der Waals surface area (Å²) in [6.07, 6.45) is 0.799. The van der Waals surface area contributed by atoms with Gasteiger partial charge in [-0.05, 0) is 31.4 Å². The summed E-state index contributed by atoms with van der Waals surface area (Å²) in [7, 11) is 0. The van der Waals surface area contributed by atoms with Crippen LogP contribution in [-0.2, 0) is 22.7 Å². The van der Waals surface area contributed by atoms with Crippen LogP contribution in [0.1, 0.15) is 50.2 Å². The summed E-state index contributed by atoms with van der Waals surface area (Å²) >= 11 is 0. The van der Waals surface area contributed by atoms with Crippen LogP contribution >= 0.6 is 0 Å². The molecule has 2 heterocycles. The molecule has 7 nitrogen and oxygen atoms in total. The maximum absolute atomic E-state index is 14.6. The molecule has 0 fully saturated rings. The van der Waals surface area contributed by atoms with Crippen LogP contribution < -0.4 is 10.6 Å². The lowest BCUT2D eigenvalue weighted by molar-refractivity contribution is -0.133. The van der Waals surface area contributed by atoms with Gasteiger partial charge in [0.05, 0.1) is 24.3 Å². The SMILES string of the molecule is CC(=O)Nc1c2n(c3ccccc13)C[C@](C)(C(=O)NCCC(C)C)N(Cc1ccccc1F)C2=O. The summed E-state index contributed by atoms with van der Waals surface area (Å²) in [6, 6.07) is 13.6. The molecule has 0 bridgehead atoms. The summed E-state index contributed by atoms with van der Waals surface area (Å²) in [5.74, 6) is -1.09. The van der Waals surface area contributed by atoms with E-state index in [1.54, 1.807) is 29.7 Å². The van der Waals surface area contributed by atoms with Crippen LogP contribution in [0.3, 0.4) is 0 Å². The number of benzene rings is 2. The van der Waals surface area contributed by atoms with Gasteiger partial charge in [-0.2, -0.15) is 0 Å². The number of hydrogen-bond donors (Lipinski definition) is 2. The maximum atomic E-state index is 14.6. The molecule has 1 aliphatic rings. The van der Waals surface area contributed by atoms with Crippen molar-refractivity contribution in [2.75, 3.05) is 11.9 Å². The van der Waals surface area contributed by atoms with E-state index in [1.807, 2.05) is 24.3 Å². The van der Waals surface area contributed by atoms with Crippen molar-refractivity contribution in [2.45, 2.75) is 52.7 Å². The van der Waals surface area contributed by atoms with Crippen molar-refractivity contribution < 1.29 is 18.8 Å². The van der Waals surface area contributed by atoms with Crippen molar-refractivity contribution in [1.29, 1.82) is 0 Å². The molecule has 1 aliphatic heterocycles. The number of fused-ring (bicyclic) bond motifs is 3. The highest BCUT2D eigenvalue weighted by Crippen LogP contribution is 2.39. The quantitative estimate of drug-likeness (QED) is 0.531. The Morgan fingerprint density at radius 1 is 1.11 bits per heavy atom. The maximum Gasteiger partial charge on any atom is 0.273 e. The Morgan fingerprint density at radius 2 is 1.80 bits per heavy atom. The van der Waals surface area contributed by atoms with Crippen LogP contribution in [0.25, 0.3) is 10.9 Å². The summed E-state index contributed by atoms with van der Waals surface area (Å²) in [5.41, 5.74) is 0.460. The summed E-state index contributed by atoms with van der Waals surface area (Å²) in [5, 5.41) is 6.50.